The quantitative estimate of drug-likeness (QED) is 0.707. The number of furan rings is 1. The van der Waals surface area contributed by atoms with Gasteiger partial charge in [0.05, 0.1) is 0 Å². The fourth-order valence-corrected chi connectivity index (χ4v) is 2.48. The molecule has 0 radical (unpaired) electrons. The summed E-state index contributed by atoms with van der Waals surface area (Å²) in [5, 5.41) is 3.78. The second-order valence-electron chi connectivity index (χ2n) is 5.01. The Bertz CT molecular complexity index is 960. The maximum atomic E-state index is 12.2. The molecule has 0 saturated heterocycles. The molecule has 0 fully saturated rings. The Labute approximate surface area is 142 Å². The van der Waals surface area contributed by atoms with Gasteiger partial charge in [-0.3, -0.25) is 9.59 Å². The molecule has 6 heteroatoms. The molecule has 3 aromatic rings. The molecule has 0 aliphatic rings. The topological polar surface area (TPSA) is 85.3 Å². The van der Waals surface area contributed by atoms with Crippen LogP contribution in [0.4, 0.5) is 5.69 Å². The van der Waals surface area contributed by atoms with E-state index >= 15 is 0 Å². The molecule has 0 bridgehead atoms. The minimum absolute atomic E-state index is 0.0873. The number of primary amides is 1. The van der Waals surface area contributed by atoms with E-state index in [9.17, 15) is 9.59 Å². The van der Waals surface area contributed by atoms with E-state index in [0.29, 0.717) is 21.6 Å². The van der Waals surface area contributed by atoms with Gasteiger partial charge in [0.1, 0.15) is 11.3 Å². The van der Waals surface area contributed by atoms with Crippen molar-refractivity contribution in [2.24, 2.45) is 5.73 Å². The minimum Gasteiger partial charge on any atom is -0.449 e. The van der Waals surface area contributed by atoms with Crippen LogP contribution in [0.25, 0.3) is 17.0 Å². The number of nitrogens with two attached hydrogens (primary N) is 1. The summed E-state index contributed by atoms with van der Waals surface area (Å²) in [6.07, 6.45) is 2.91. The van der Waals surface area contributed by atoms with Gasteiger partial charge in [-0.05, 0) is 29.8 Å². The van der Waals surface area contributed by atoms with Gasteiger partial charge in [-0.25, -0.2) is 0 Å². The highest BCUT2D eigenvalue weighted by atomic mass is 35.5. The molecular weight excluding hydrogens is 328 g/mol. The Morgan fingerprint density at radius 1 is 1.08 bits per heavy atom. The van der Waals surface area contributed by atoms with Crippen molar-refractivity contribution in [2.45, 2.75) is 0 Å². The summed E-state index contributed by atoms with van der Waals surface area (Å²) in [5.41, 5.74) is 6.75. The molecule has 0 aliphatic heterocycles. The lowest BCUT2D eigenvalue weighted by molar-refractivity contribution is -0.111. The monoisotopic (exact) mass is 340 g/mol. The van der Waals surface area contributed by atoms with E-state index in [-0.39, 0.29) is 11.4 Å². The fourth-order valence-electron chi connectivity index (χ4n) is 2.28. The van der Waals surface area contributed by atoms with Gasteiger partial charge >= 0.3 is 0 Å². The summed E-state index contributed by atoms with van der Waals surface area (Å²) in [4.78, 5) is 23.7. The predicted molar refractivity (Wildman–Crippen MR) is 93.8 cm³/mol. The third kappa shape index (κ3) is 3.16. The Kier molecular flexibility index (Phi) is 4.35. The lowest BCUT2D eigenvalue weighted by Gasteiger charge is -2.02. The van der Waals surface area contributed by atoms with Crippen LogP contribution in [-0.4, -0.2) is 11.8 Å². The van der Waals surface area contributed by atoms with Crippen LogP contribution in [0.5, 0.6) is 0 Å². The largest absolute Gasteiger partial charge is 0.449 e. The minimum atomic E-state index is -0.753. The summed E-state index contributed by atoms with van der Waals surface area (Å²) in [6, 6.07) is 14.1. The van der Waals surface area contributed by atoms with Gasteiger partial charge in [-0.15, -0.1) is 0 Å². The molecule has 2 amide bonds. The number of para-hydroxylation sites is 1. The number of hydrogen-bond donors (Lipinski definition) is 2. The number of carbonyl (C=O) groups is 2. The first-order valence-electron chi connectivity index (χ1n) is 7.11. The zero-order chi connectivity index (χ0) is 17.1. The van der Waals surface area contributed by atoms with E-state index in [4.69, 9.17) is 21.8 Å². The molecule has 0 saturated carbocycles. The van der Waals surface area contributed by atoms with Crippen LogP contribution in [-0.2, 0) is 4.79 Å². The molecule has 24 heavy (non-hydrogen) atoms. The molecule has 1 heterocycles. The molecule has 5 nitrogen and oxygen atoms in total. The molecule has 3 rings (SSSR count). The fraction of sp³-hybridized carbons (Fsp3) is 0. The maximum absolute atomic E-state index is 12.2. The van der Waals surface area contributed by atoms with Crippen molar-refractivity contribution >= 4 is 46.1 Å². The second kappa shape index (κ2) is 6.60. The number of anilines is 1. The predicted octanol–water partition coefficient (Wildman–Crippen LogP) is 3.84. The number of nitrogens with one attached hydrogen (secondary N) is 1. The molecule has 120 valence electrons. The lowest BCUT2D eigenvalue weighted by Crippen LogP contribution is -2.15. The Morgan fingerprint density at radius 3 is 2.54 bits per heavy atom. The molecule has 0 atom stereocenters. The molecule has 1 aromatic heterocycles. The van der Waals surface area contributed by atoms with Gasteiger partial charge in [0, 0.05) is 16.5 Å². The highest BCUT2D eigenvalue weighted by Gasteiger charge is 2.19. The third-order valence-electron chi connectivity index (χ3n) is 3.39. The van der Waals surface area contributed by atoms with Crippen LogP contribution in [0.1, 0.15) is 16.1 Å². The maximum Gasteiger partial charge on any atom is 0.286 e. The summed E-state index contributed by atoms with van der Waals surface area (Å²) in [7, 11) is 0. The highest BCUT2D eigenvalue weighted by Crippen LogP contribution is 2.30. The first-order valence-corrected chi connectivity index (χ1v) is 7.49. The first-order chi connectivity index (χ1) is 11.6. The number of hydrogen-bond acceptors (Lipinski definition) is 3. The van der Waals surface area contributed by atoms with Gasteiger partial charge in [0.2, 0.25) is 11.7 Å². The van der Waals surface area contributed by atoms with Crippen molar-refractivity contribution in [3.8, 4) is 0 Å². The van der Waals surface area contributed by atoms with Crippen molar-refractivity contribution in [3.05, 3.63) is 71.0 Å². The number of fused-ring (bicyclic) bond motifs is 1. The number of halogens is 1. The normalized spacial score (nSPS) is 11.0. The van der Waals surface area contributed by atoms with Gasteiger partial charge in [-0.1, -0.05) is 41.9 Å². The van der Waals surface area contributed by atoms with Gasteiger partial charge in [0.15, 0.2) is 0 Å². The van der Waals surface area contributed by atoms with Crippen LogP contribution >= 0.6 is 11.6 Å². The Morgan fingerprint density at radius 2 is 1.79 bits per heavy atom. The SMILES string of the molecule is NC(=O)c1oc2ccccc2c1NC(=O)C=Cc1ccccc1Cl. The molecular formula is C18H13ClN2O3. The zero-order valence-electron chi connectivity index (χ0n) is 12.5. The van der Waals surface area contributed by atoms with Gasteiger partial charge in [0.25, 0.3) is 5.91 Å². The number of amides is 2. The molecule has 0 aliphatic carbocycles. The zero-order valence-corrected chi connectivity index (χ0v) is 13.2. The molecule has 2 aromatic carbocycles. The van der Waals surface area contributed by atoms with Crippen LogP contribution in [0.3, 0.4) is 0 Å². The molecule has 0 spiro atoms. The first kappa shape index (κ1) is 15.8. The summed E-state index contributed by atoms with van der Waals surface area (Å²) in [6.45, 7) is 0. The van der Waals surface area contributed by atoms with E-state index in [0.717, 1.165) is 0 Å². The van der Waals surface area contributed by atoms with Gasteiger partial charge in [-0.2, -0.15) is 0 Å². The average molecular weight is 341 g/mol. The second-order valence-corrected chi connectivity index (χ2v) is 5.42. The molecule has 0 unspecified atom stereocenters. The number of carbonyl (C=O) groups excluding carboxylic acids is 2. The van der Waals surface area contributed by atoms with E-state index in [1.807, 2.05) is 6.07 Å². The Balaban J connectivity index is 1.89. The highest BCUT2D eigenvalue weighted by molar-refractivity contribution is 6.32. The van der Waals surface area contributed by atoms with Crippen LogP contribution in [0, 0.1) is 0 Å². The van der Waals surface area contributed by atoms with E-state index in [1.165, 1.54) is 6.08 Å². The van der Waals surface area contributed by atoms with Gasteiger partial charge < -0.3 is 15.5 Å². The smallest absolute Gasteiger partial charge is 0.286 e. The van der Waals surface area contributed by atoms with E-state index < -0.39 is 11.8 Å². The van der Waals surface area contributed by atoms with E-state index in [1.54, 1.807) is 48.5 Å². The van der Waals surface area contributed by atoms with Crippen molar-refractivity contribution in [1.29, 1.82) is 0 Å². The van der Waals surface area contributed by atoms with Crippen LogP contribution < -0.4 is 11.1 Å². The standard InChI is InChI=1S/C18H13ClN2O3/c19-13-7-3-1-5-11(13)9-10-15(22)21-16-12-6-2-4-8-14(12)24-17(16)18(20)23/h1-10H,(H2,20,23)(H,21,22). The van der Waals surface area contributed by atoms with Crippen LogP contribution in [0.2, 0.25) is 5.02 Å². The number of benzene rings is 2. The number of rotatable bonds is 4. The van der Waals surface area contributed by atoms with Crippen molar-refractivity contribution in [1.82, 2.24) is 0 Å². The summed E-state index contributed by atoms with van der Waals surface area (Å²) < 4.78 is 5.41. The third-order valence-corrected chi connectivity index (χ3v) is 3.73. The van der Waals surface area contributed by atoms with Crippen molar-refractivity contribution in [2.75, 3.05) is 5.32 Å². The van der Waals surface area contributed by atoms with Crippen molar-refractivity contribution < 1.29 is 14.0 Å². The summed E-state index contributed by atoms with van der Waals surface area (Å²) in [5.74, 6) is -1.27. The van der Waals surface area contributed by atoms with Crippen molar-refractivity contribution in [3.63, 3.8) is 0 Å². The Hall–Kier alpha value is -3.05. The summed E-state index contributed by atoms with van der Waals surface area (Å²) >= 11 is 6.04. The lowest BCUT2D eigenvalue weighted by atomic mass is 10.2. The average Bonchev–Trinajstić information content (AvgIpc) is 2.93. The van der Waals surface area contributed by atoms with E-state index in [2.05, 4.69) is 5.32 Å². The van der Waals surface area contributed by atoms with Crippen LogP contribution in [0.15, 0.2) is 59.0 Å². The molecule has 3 N–H and O–H groups in total.